The lowest BCUT2D eigenvalue weighted by Gasteiger charge is -2.07. The summed E-state index contributed by atoms with van der Waals surface area (Å²) in [5, 5.41) is 7.30. The van der Waals surface area contributed by atoms with Gasteiger partial charge in [0.25, 0.3) is 0 Å². The van der Waals surface area contributed by atoms with Gasteiger partial charge in [0.05, 0.1) is 12.3 Å². The lowest BCUT2D eigenvalue weighted by atomic mass is 10.1. The zero-order valence-electron chi connectivity index (χ0n) is 10.9. The molecule has 0 aliphatic carbocycles. The van der Waals surface area contributed by atoms with Crippen LogP contribution in [0, 0.1) is 6.92 Å². The summed E-state index contributed by atoms with van der Waals surface area (Å²) < 4.78 is 5.53. The van der Waals surface area contributed by atoms with E-state index in [0.717, 1.165) is 34.7 Å². The Kier molecular flexibility index (Phi) is 3.99. The third-order valence-electron chi connectivity index (χ3n) is 2.82. The average molecular weight is 245 g/mol. The van der Waals surface area contributed by atoms with Crippen LogP contribution in [0.3, 0.4) is 0 Å². The first-order valence-corrected chi connectivity index (χ1v) is 6.22. The molecule has 0 fully saturated rings. The summed E-state index contributed by atoms with van der Waals surface area (Å²) in [5.74, 6) is 0.930. The number of benzene rings is 1. The van der Waals surface area contributed by atoms with Crippen molar-refractivity contribution >= 4 is 0 Å². The van der Waals surface area contributed by atoms with Crippen LogP contribution in [0.4, 0.5) is 0 Å². The van der Waals surface area contributed by atoms with Gasteiger partial charge < -0.3 is 10.5 Å². The van der Waals surface area contributed by atoms with Gasteiger partial charge in [-0.15, -0.1) is 0 Å². The van der Waals surface area contributed by atoms with Crippen molar-refractivity contribution in [2.75, 3.05) is 13.2 Å². The molecule has 2 rings (SSSR count). The predicted molar refractivity (Wildman–Crippen MR) is 72.7 cm³/mol. The van der Waals surface area contributed by atoms with Gasteiger partial charge in [-0.1, -0.05) is 0 Å². The largest absolute Gasteiger partial charge is 0.494 e. The zero-order valence-corrected chi connectivity index (χ0v) is 10.9. The Labute approximate surface area is 107 Å². The summed E-state index contributed by atoms with van der Waals surface area (Å²) in [7, 11) is 0. The Morgan fingerprint density at radius 2 is 2.17 bits per heavy atom. The number of aromatic amines is 1. The highest BCUT2D eigenvalue weighted by Crippen LogP contribution is 2.25. The number of rotatable bonds is 5. The van der Waals surface area contributed by atoms with Crippen molar-refractivity contribution in [2.24, 2.45) is 5.73 Å². The van der Waals surface area contributed by atoms with E-state index in [1.54, 1.807) is 0 Å². The second-order valence-electron chi connectivity index (χ2n) is 4.23. The summed E-state index contributed by atoms with van der Waals surface area (Å²) in [5.41, 5.74) is 9.75. The SMILES string of the molecule is CCOc1ccc(-c2cc(CCN)[nH]n2)cc1C. The fourth-order valence-electron chi connectivity index (χ4n) is 1.92. The van der Waals surface area contributed by atoms with Crippen LogP contribution in [0.1, 0.15) is 18.2 Å². The van der Waals surface area contributed by atoms with Crippen molar-refractivity contribution in [3.05, 3.63) is 35.5 Å². The van der Waals surface area contributed by atoms with Crippen molar-refractivity contribution in [3.8, 4) is 17.0 Å². The number of aryl methyl sites for hydroxylation is 1. The van der Waals surface area contributed by atoms with E-state index in [9.17, 15) is 0 Å². The summed E-state index contributed by atoms with van der Waals surface area (Å²) in [6.07, 6.45) is 0.822. The maximum Gasteiger partial charge on any atom is 0.122 e. The molecule has 0 aliphatic rings. The van der Waals surface area contributed by atoms with Gasteiger partial charge in [-0.2, -0.15) is 5.10 Å². The monoisotopic (exact) mass is 245 g/mol. The molecule has 18 heavy (non-hydrogen) atoms. The minimum atomic E-state index is 0.629. The lowest BCUT2D eigenvalue weighted by molar-refractivity contribution is 0.338. The Bertz CT molecular complexity index is 520. The maximum absolute atomic E-state index is 5.53. The van der Waals surface area contributed by atoms with Crippen LogP contribution in [0.15, 0.2) is 24.3 Å². The summed E-state index contributed by atoms with van der Waals surface area (Å²) in [6, 6.07) is 8.15. The first-order chi connectivity index (χ1) is 8.74. The van der Waals surface area contributed by atoms with Crippen molar-refractivity contribution in [2.45, 2.75) is 20.3 Å². The molecule has 0 spiro atoms. The molecule has 0 bridgehead atoms. The molecule has 0 unspecified atom stereocenters. The molecule has 96 valence electrons. The smallest absolute Gasteiger partial charge is 0.122 e. The van der Waals surface area contributed by atoms with Crippen LogP contribution in [-0.2, 0) is 6.42 Å². The molecule has 0 amide bonds. The van der Waals surface area contributed by atoms with E-state index >= 15 is 0 Å². The van der Waals surface area contributed by atoms with Gasteiger partial charge in [-0.05, 0) is 50.2 Å². The molecule has 3 N–H and O–H groups in total. The Morgan fingerprint density at radius 3 is 2.83 bits per heavy atom. The highest BCUT2D eigenvalue weighted by Gasteiger charge is 2.06. The summed E-state index contributed by atoms with van der Waals surface area (Å²) >= 11 is 0. The quantitative estimate of drug-likeness (QED) is 0.849. The van der Waals surface area contributed by atoms with E-state index in [4.69, 9.17) is 10.5 Å². The van der Waals surface area contributed by atoms with Crippen LogP contribution >= 0.6 is 0 Å². The van der Waals surface area contributed by atoms with Crippen LogP contribution in [0.5, 0.6) is 5.75 Å². The topological polar surface area (TPSA) is 63.9 Å². The van der Waals surface area contributed by atoms with E-state index in [1.165, 1.54) is 0 Å². The zero-order chi connectivity index (χ0) is 13.0. The molecule has 0 saturated carbocycles. The molecule has 4 heteroatoms. The third-order valence-corrected chi connectivity index (χ3v) is 2.82. The number of ether oxygens (including phenoxy) is 1. The first-order valence-electron chi connectivity index (χ1n) is 6.22. The standard InChI is InChI=1S/C14H19N3O/c1-3-18-14-5-4-11(8-10(14)2)13-9-12(6-7-15)16-17-13/h4-5,8-9H,3,6-7,15H2,1-2H3,(H,16,17). The number of nitrogens with two attached hydrogens (primary N) is 1. The van der Waals surface area contributed by atoms with Gasteiger partial charge in [-0.25, -0.2) is 0 Å². The van der Waals surface area contributed by atoms with Gasteiger partial charge in [-0.3, -0.25) is 5.10 Å². The number of nitrogens with one attached hydrogen (secondary N) is 1. The first kappa shape index (κ1) is 12.6. The third kappa shape index (κ3) is 2.71. The molecular formula is C14H19N3O. The molecule has 0 radical (unpaired) electrons. The van der Waals surface area contributed by atoms with E-state index < -0.39 is 0 Å². The van der Waals surface area contributed by atoms with Crippen molar-refractivity contribution in [3.63, 3.8) is 0 Å². The van der Waals surface area contributed by atoms with Crippen molar-refractivity contribution in [1.82, 2.24) is 10.2 Å². The number of hydrogen-bond donors (Lipinski definition) is 2. The fourth-order valence-corrected chi connectivity index (χ4v) is 1.92. The van der Waals surface area contributed by atoms with Crippen molar-refractivity contribution in [1.29, 1.82) is 0 Å². The number of nitrogens with zero attached hydrogens (tertiary/aromatic N) is 1. The molecule has 2 aromatic rings. The molecule has 0 aliphatic heterocycles. The van der Waals surface area contributed by atoms with E-state index in [0.29, 0.717) is 13.2 Å². The minimum Gasteiger partial charge on any atom is -0.494 e. The van der Waals surface area contributed by atoms with E-state index in [1.807, 2.05) is 32.0 Å². The normalized spacial score (nSPS) is 10.6. The summed E-state index contributed by atoms with van der Waals surface area (Å²) in [6.45, 7) is 5.34. The number of aromatic nitrogens is 2. The Morgan fingerprint density at radius 1 is 1.33 bits per heavy atom. The second-order valence-corrected chi connectivity index (χ2v) is 4.23. The van der Waals surface area contributed by atoms with Gasteiger partial charge in [0, 0.05) is 17.7 Å². The fraction of sp³-hybridized carbons (Fsp3) is 0.357. The minimum absolute atomic E-state index is 0.629. The number of H-pyrrole nitrogens is 1. The molecule has 1 aromatic carbocycles. The molecule has 4 nitrogen and oxygen atoms in total. The number of hydrogen-bond acceptors (Lipinski definition) is 3. The van der Waals surface area contributed by atoms with Gasteiger partial charge in [0.2, 0.25) is 0 Å². The molecule has 0 atom stereocenters. The Hall–Kier alpha value is -1.81. The predicted octanol–water partition coefficient (Wildman–Crippen LogP) is 2.29. The molecule has 1 aromatic heterocycles. The van der Waals surface area contributed by atoms with Gasteiger partial charge in [0.15, 0.2) is 0 Å². The van der Waals surface area contributed by atoms with Crippen LogP contribution in [-0.4, -0.2) is 23.3 Å². The molecular weight excluding hydrogens is 226 g/mol. The average Bonchev–Trinajstić information content (AvgIpc) is 2.81. The molecule has 1 heterocycles. The van der Waals surface area contributed by atoms with Crippen molar-refractivity contribution < 1.29 is 4.74 Å². The lowest BCUT2D eigenvalue weighted by Crippen LogP contribution is -2.02. The van der Waals surface area contributed by atoms with E-state index in [2.05, 4.69) is 16.3 Å². The second kappa shape index (κ2) is 5.69. The highest BCUT2D eigenvalue weighted by atomic mass is 16.5. The van der Waals surface area contributed by atoms with Crippen LogP contribution in [0.2, 0.25) is 0 Å². The maximum atomic E-state index is 5.53. The van der Waals surface area contributed by atoms with Crippen LogP contribution in [0.25, 0.3) is 11.3 Å². The summed E-state index contributed by atoms with van der Waals surface area (Å²) in [4.78, 5) is 0. The van der Waals surface area contributed by atoms with E-state index in [-0.39, 0.29) is 0 Å². The highest BCUT2D eigenvalue weighted by molar-refractivity contribution is 5.62. The van der Waals surface area contributed by atoms with Gasteiger partial charge in [0.1, 0.15) is 5.75 Å². The Balaban J connectivity index is 2.24. The van der Waals surface area contributed by atoms with Crippen LogP contribution < -0.4 is 10.5 Å². The molecule has 0 saturated heterocycles. The van der Waals surface area contributed by atoms with Gasteiger partial charge >= 0.3 is 0 Å².